The molecular formula is C32H44GeSi4. The number of rotatable bonds is 4. The van der Waals surface area contributed by atoms with Gasteiger partial charge < -0.3 is 0 Å². The zero-order valence-electron chi connectivity index (χ0n) is 25.1. The SMILES string of the molecule is C[Si](C)(C)C1=CC2=C3C=C([Si](C)(C)C)C=[C]3[Ge]3([C]2=C1)[C]1=CC([Si](C)(C)C)=CC1=C1C=C([Si](C)(C)C)C=[C]13. The molecule has 0 bridgehead atoms. The fourth-order valence-electron chi connectivity index (χ4n) is 6.77. The van der Waals surface area contributed by atoms with Crippen LogP contribution in [0.4, 0.5) is 0 Å². The number of fused-ring (bicyclic) bond motifs is 8. The van der Waals surface area contributed by atoms with Crippen LogP contribution < -0.4 is 0 Å². The maximum atomic E-state index is 2.73. The first-order valence-electron chi connectivity index (χ1n) is 14.1. The minimum absolute atomic E-state index is 1.43. The van der Waals surface area contributed by atoms with Gasteiger partial charge in [-0.25, -0.2) is 0 Å². The molecule has 6 rings (SSSR count). The van der Waals surface area contributed by atoms with Gasteiger partial charge in [0.1, 0.15) is 0 Å². The van der Waals surface area contributed by atoms with Crippen molar-refractivity contribution >= 4 is 45.6 Å². The molecule has 192 valence electrons. The third-order valence-electron chi connectivity index (χ3n) is 9.22. The third kappa shape index (κ3) is 3.55. The normalized spacial score (nSPS) is 23.9. The number of hydrogen-bond donors (Lipinski definition) is 0. The van der Waals surface area contributed by atoms with Crippen LogP contribution in [0.15, 0.2) is 109 Å². The first-order valence-corrected chi connectivity index (χ1v) is 32.3. The van der Waals surface area contributed by atoms with Gasteiger partial charge in [0.15, 0.2) is 0 Å². The van der Waals surface area contributed by atoms with Crippen molar-refractivity contribution in [1.82, 2.24) is 0 Å². The minimum atomic E-state index is -3.05. The van der Waals surface area contributed by atoms with Gasteiger partial charge in [0.25, 0.3) is 0 Å². The van der Waals surface area contributed by atoms with Crippen molar-refractivity contribution in [3.63, 3.8) is 0 Å². The number of allylic oxidation sites excluding steroid dienone is 20. The van der Waals surface area contributed by atoms with E-state index in [4.69, 9.17) is 0 Å². The molecule has 2 heterocycles. The van der Waals surface area contributed by atoms with Gasteiger partial charge in [-0.1, -0.05) is 0 Å². The van der Waals surface area contributed by atoms with Crippen LogP contribution in [-0.2, 0) is 0 Å². The Balaban J connectivity index is 1.69. The molecule has 0 aromatic carbocycles. The summed E-state index contributed by atoms with van der Waals surface area (Å²) in [5, 5.41) is 6.64. The summed E-state index contributed by atoms with van der Waals surface area (Å²) >= 11 is -3.05. The van der Waals surface area contributed by atoms with Gasteiger partial charge in [-0.05, 0) is 0 Å². The van der Waals surface area contributed by atoms with E-state index >= 15 is 0 Å². The fourth-order valence-corrected chi connectivity index (χ4v) is 24.5. The summed E-state index contributed by atoms with van der Waals surface area (Å²) in [5.74, 6) is 0. The zero-order valence-corrected chi connectivity index (χ0v) is 31.2. The molecule has 0 nitrogen and oxygen atoms in total. The predicted octanol–water partition coefficient (Wildman–Crippen LogP) is 9.19. The van der Waals surface area contributed by atoms with E-state index in [-0.39, 0.29) is 0 Å². The van der Waals surface area contributed by atoms with E-state index in [9.17, 15) is 0 Å². The Morgan fingerprint density at radius 3 is 0.676 bits per heavy atom. The first kappa shape index (κ1) is 26.1. The van der Waals surface area contributed by atoms with Crippen molar-refractivity contribution in [2.24, 2.45) is 0 Å². The monoisotopic (exact) mass is 614 g/mol. The van der Waals surface area contributed by atoms with Gasteiger partial charge in [0.2, 0.25) is 0 Å². The summed E-state index contributed by atoms with van der Waals surface area (Å²) in [5.41, 5.74) is 6.45. The summed E-state index contributed by atoms with van der Waals surface area (Å²) in [4.78, 5) is 0. The zero-order chi connectivity index (χ0) is 27.1. The molecule has 0 aromatic rings. The van der Waals surface area contributed by atoms with E-state index in [1.807, 2.05) is 0 Å². The average molecular weight is 614 g/mol. The van der Waals surface area contributed by atoms with Crippen molar-refractivity contribution < 1.29 is 0 Å². The van der Waals surface area contributed by atoms with Crippen LogP contribution in [0.5, 0.6) is 0 Å². The summed E-state index contributed by atoms with van der Waals surface area (Å²) in [6.45, 7) is 30.3. The molecule has 5 heteroatoms. The second-order valence-corrected chi connectivity index (χ2v) is 44.0. The van der Waals surface area contributed by atoms with Crippen molar-refractivity contribution in [2.75, 3.05) is 0 Å². The Labute approximate surface area is 232 Å². The molecule has 0 radical (unpaired) electrons. The van der Waals surface area contributed by atoms with Gasteiger partial charge >= 0.3 is 233 Å². The van der Waals surface area contributed by atoms with Gasteiger partial charge in [0, 0.05) is 0 Å². The Bertz CT molecular complexity index is 1280. The molecule has 37 heavy (non-hydrogen) atoms. The molecule has 0 amide bonds. The topological polar surface area (TPSA) is 0 Å². The Morgan fingerprint density at radius 2 is 0.514 bits per heavy atom. The van der Waals surface area contributed by atoms with E-state index in [0.717, 1.165) is 0 Å². The van der Waals surface area contributed by atoms with Crippen LogP contribution in [0.25, 0.3) is 0 Å². The van der Waals surface area contributed by atoms with E-state index in [2.05, 4.69) is 127 Å². The third-order valence-corrected chi connectivity index (χ3v) is 27.6. The first-order chi connectivity index (χ1) is 16.8. The Kier molecular flexibility index (Phi) is 5.29. The average Bonchev–Trinajstić information content (AvgIpc) is 3.49. The summed E-state index contributed by atoms with van der Waals surface area (Å²) in [6, 6.07) is 0. The summed E-state index contributed by atoms with van der Waals surface area (Å²) < 4.78 is 7.07. The van der Waals surface area contributed by atoms with Crippen molar-refractivity contribution in [3.05, 3.63) is 109 Å². The van der Waals surface area contributed by atoms with Crippen LogP contribution in [-0.4, -0.2) is 45.6 Å². The molecule has 2 aliphatic heterocycles. The molecule has 6 aliphatic rings. The van der Waals surface area contributed by atoms with Gasteiger partial charge in [-0.3, -0.25) is 0 Å². The molecular weight excluding hydrogens is 569 g/mol. The van der Waals surface area contributed by atoms with Gasteiger partial charge in [0.05, 0.1) is 0 Å². The molecule has 0 N–H and O–H groups in total. The molecule has 1 spiro atoms. The molecule has 0 saturated heterocycles. The molecule has 0 unspecified atom stereocenters. The van der Waals surface area contributed by atoms with E-state index in [0.29, 0.717) is 0 Å². The Hall–Kier alpha value is -1.19. The summed E-state index contributed by atoms with van der Waals surface area (Å²) in [6.07, 6.45) is 21.5. The van der Waals surface area contributed by atoms with Crippen LogP contribution in [0.2, 0.25) is 78.6 Å². The van der Waals surface area contributed by atoms with Crippen LogP contribution in [0.1, 0.15) is 0 Å². The van der Waals surface area contributed by atoms with Gasteiger partial charge in [-0.2, -0.15) is 0 Å². The van der Waals surface area contributed by atoms with E-state index in [1.54, 1.807) is 60.7 Å². The van der Waals surface area contributed by atoms with Crippen LogP contribution >= 0.6 is 0 Å². The Morgan fingerprint density at radius 1 is 0.324 bits per heavy atom. The van der Waals surface area contributed by atoms with E-state index < -0.39 is 45.6 Å². The van der Waals surface area contributed by atoms with Crippen molar-refractivity contribution in [3.8, 4) is 0 Å². The van der Waals surface area contributed by atoms with Crippen LogP contribution in [0.3, 0.4) is 0 Å². The van der Waals surface area contributed by atoms with Crippen molar-refractivity contribution in [1.29, 1.82) is 0 Å². The standard InChI is InChI=1S/C32H44GeSi4/c1-34(2,3)21-13-25-26-14-22(35(4,5)6)18-30(26)33(29(25)17-21)31-19-23(36(7,8)9)15-27(31)28-16-24(20-32(28)33)37(10,11)12/h13-20H,1-12H3. The second kappa shape index (κ2) is 7.51. The van der Waals surface area contributed by atoms with Crippen LogP contribution in [0, 0.1) is 0 Å². The fraction of sp³-hybridized carbons (Fsp3) is 0.375. The molecule has 0 saturated carbocycles. The second-order valence-electron chi connectivity index (χ2n) is 16.0. The van der Waals surface area contributed by atoms with Gasteiger partial charge in [-0.15, -0.1) is 0 Å². The summed E-state index contributed by atoms with van der Waals surface area (Å²) in [7, 11) is -5.70. The van der Waals surface area contributed by atoms with E-state index in [1.165, 1.54) is 0 Å². The quantitative estimate of drug-likeness (QED) is 0.278. The van der Waals surface area contributed by atoms with Crippen molar-refractivity contribution in [2.45, 2.75) is 78.6 Å². The maximum absolute atomic E-state index is 3.05. The molecule has 0 atom stereocenters. The predicted molar refractivity (Wildman–Crippen MR) is 178 cm³/mol. The molecule has 4 aliphatic carbocycles. The molecule has 0 fully saturated rings. The molecule has 0 aromatic heterocycles. The number of hydrogen-bond acceptors (Lipinski definition) is 0.